The minimum Gasteiger partial charge on any atom is -0.481 e. The number of hydrogen-bond donors (Lipinski definition) is 1. The van der Waals surface area contributed by atoms with Crippen LogP contribution in [0, 0.1) is 12.8 Å². The first-order valence-electron chi connectivity index (χ1n) is 7.54. The molecule has 0 aromatic carbocycles. The highest BCUT2D eigenvalue weighted by Crippen LogP contribution is 2.41. The van der Waals surface area contributed by atoms with E-state index in [-0.39, 0.29) is 18.4 Å². The molecule has 6 heteroatoms. The summed E-state index contributed by atoms with van der Waals surface area (Å²) in [4.78, 5) is 31.8. The van der Waals surface area contributed by atoms with E-state index >= 15 is 0 Å². The zero-order valence-corrected chi connectivity index (χ0v) is 13.6. The number of pyridine rings is 1. The van der Waals surface area contributed by atoms with Gasteiger partial charge >= 0.3 is 5.97 Å². The van der Waals surface area contributed by atoms with Crippen LogP contribution in [0.3, 0.4) is 0 Å². The number of aryl methyl sites for hydroxylation is 1. The van der Waals surface area contributed by atoms with E-state index in [1.54, 1.807) is 28.6 Å². The lowest BCUT2D eigenvalue weighted by molar-refractivity contribution is -0.142. The van der Waals surface area contributed by atoms with Gasteiger partial charge in [0.2, 0.25) is 5.91 Å². The third kappa shape index (κ3) is 3.27. The summed E-state index contributed by atoms with van der Waals surface area (Å²) in [5.74, 6) is -1.66. The molecule has 0 radical (unpaired) electrons. The van der Waals surface area contributed by atoms with Gasteiger partial charge in [-0.15, -0.1) is 11.3 Å². The number of nitrogens with zero attached hydrogens (tertiary/aromatic N) is 2. The zero-order chi connectivity index (χ0) is 16.4. The fourth-order valence-corrected chi connectivity index (χ4v) is 4.09. The zero-order valence-electron chi connectivity index (χ0n) is 12.8. The molecule has 1 saturated heterocycles. The number of likely N-dealkylation sites (tertiary alicyclic amines) is 1. The quantitative estimate of drug-likeness (QED) is 0.915. The Labute approximate surface area is 138 Å². The highest BCUT2D eigenvalue weighted by atomic mass is 32.1. The minimum atomic E-state index is -0.904. The van der Waals surface area contributed by atoms with Gasteiger partial charge in [-0.3, -0.25) is 14.6 Å². The number of carbonyl (C=O) groups excluding carboxylic acids is 1. The first-order chi connectivity index (χ1) is 11.1. The molecule has 0 unspecified atom stereocenters. The van der Waals surface area contributed by atoms with Crippen LogP contribution >= 0.6 is 11.3 Å². The number of amides is 1. The largest absolute Gasteiger partial charge is 0.481 e. The number of aliphatic carboxylic acids is 1. The van der Waals surface area contributed by atoms with Gasteiger partial charge in [-0.2, -0.15) is 0 Å². The maximum Gasteiger partial charge on any atom is 0.309 e. The number of carboxylic acids is 1. The first-order valence-corrected chi connectivity index (χ1v) is 8.35. The summed E-state index contributed by atoms with van der Waals surface area (Å²) < 4.78 is 0. The topological polar surface area (TPSA) is 70.5 Å². The molecule has 2 aromatic rings. The number of aromatic nitrogens is 1. The van der Waals surface area contributed by atoms with Gasteiger partial charge in [-0.1, -0.05) is 6.07 Å². The Bertz CT molecular complexity index is 714. The van der Waals surface area contributed by atoms with Crippen LogP contribution < -0.4 is 0 Å². The molecular weight excluding hydrogens is 312 g/mol. The summed E-state index contributed by atoms with van der Waals surface area (Å²) in [6.07, 6.45) is 4.23. The van der Waals surface area contributed by atoms with Crippen molar-refractivity contribution >= 4 is 23.2 Å². The molecule has 0 saturated carbocycles. The van der Waals surface area contributed by atoms with Crippen molar-refractivity contribution in [2.75, 3.05) is 6.54 Å². The van der Waals surface area contributed by atoms with Crippen LogP contribution in [0.2, 0.25) is 0 Å². The summed E-state index contributed by atoms with van der Waals surface area (Å²) in [7, 11) is 0. The predicted molar refractivity (Wildman–Crippen MR) is 87.2 cm³/mol. The van der Waals surface area contributed by atoms with Crippen LogP contribution in [0.1, 0.15) is 27.8 Å². The molecule has 1 N–H and O–H groups in total. The smallest absolute Gasteiger partial charge is 0.309 e. The summed E-state index contributed by atoms with van der Waals surface area (Å²) in [6.45, 7) is 2.50. The van der Waals surface area contributed by atoms with Crippen molar-refractivity contribution in [3.8, 4) is 0 Å². The summed E-state index contributed by atoms with van der Waals surface area (Å²) in [5, 5.41) is 9.49. The van der Waals surface area contributed by atoms with Gasteiger partial charge in [0.05, 0.1) is 12.0 Å². The lowest BCUT2D eigenvalue weighted by atomic mass is 9.99. The summed E-state index contributed by atoms with van der Waals surface area (Å²) in [6, 6.07) is 7.38. The van der Waals surface area contributed by atoms with E-state index in [1.165, 1.54) is 0 Å². The van der Waals surface area contributed by atoms with Crippen molar-refractivity contribution in [2.45, 2.75) is 25.8 Å². The number of thiophene rings is 1. The van der Waals surface area contributed by atoms with Crippen molar-refractivity contribution in [2.24, 2.45) is 5.92 Å². The van der Waals surface area contributed by atoms with Gasteiger partial charge in [0.1, 0.15) is 0 Å². The Balaban J connectivity index is 1.83. The normalized spacial score (nSPS) is 20.9. The Kier molecular flexibility index (Phi) is 4.43. The van der Waals surface area contributed by atoms with E-state index in [1.807, 2.05) is 31.2 Å². The van der Waals surface area contributed by atoms with Crippen molar-refractivity contribution in [1.29, 1.82) is 0 Å². The minimum absolute atomic E-state index is 0.0734. The molecule has 1 aliphatic rings. The fraction of sp³-hybridized carbons (Fsp3) is 0.353. The molecule has 0 spiro atoms. The Morgan fingerprint density at radius 3 is 2.87 bits per heavy atom. The Morgan fingerprint density at radius 2 is 2.26 bits per heavy atom. The molecule has 1 amide bonds. The molecule has 0 aliphatic carbocycles. The van der Waals surface area contributed by atoms with Crippen molar-refractivity contribution in [3.63, 3.8) is 0 Å². The van der Waals surface area contributed by atoms with Crippen LogP contribution in [0.25, 0.3) is 0 Å². The average Bonchev–Trinajstić information content (AvgIpc) is 3.09. The number of carboxylic acid groups (broad SMARTS) is 1. The van der Waals surface area contributed by atoms with Gasteiger partial charge in [0.15, 0.2) is 0 Å². The average molecular weight is 330 g/mol. The molecule has 2 atom stereocenters. The Hall–Kier alpha value is -2.21. The second-order valence-corrected chi connectivity index (χ2v) is 7.06. The molecule has 2 aromatic heterocycles. The van der Waals surface area contributed by atoms with Crippen LogP contribution in [-0.2, 0) is 16.0 Å². The lowest BCUT2D eigenvalue weighted by Gasteiger charge is -2.26. The number of rotatable bonds is 5. The lowest BCUT2D eigenvalue weighted by Crippen LogP contribution is -2.32. The van der Waals surface area contributed by atoms with Gasteiger partial charge < -0.3 is 10.0 Å². The van der Waals surface area contributed by atoms with Crippen LogP contribution in [0.5, 0.6) is 0 Å². The molecule has 1 aliphatic heterocycles. The van der Waals surface area contributed by atoms with Crippen molar-refractivity contribution < 1.29 is 14.7 Å². The number of carbonyl (C=O) groups is 2. The van der Waals surface area contributed by atoms with Crippen LogP contribution in [-0.4, -0.2) is 33.4 Å². The molecule has 0 bridgehead atoms. The molecular formula is C17H18N2O3S. The van der Waals surface area contributed by atoms with Crippen LogP contribution in [0.4, 0.5) is 0 Å². The molecule has 3 rings (SSSR count). The van der Waals surface area contributed by atoms with E-state index in [4.69, 9.17) is 0 Å². The van der Waals surface area contributed by atoms with Crippen molar-refractivity contribution in [3.05, 3.63) is 52.0 Å². The first kappa shape index (κ1) is 15.7. The molecule has 1 fully saturated rings. The van der Waals surface area contributed by atoms with Gasteiger partial charge in [0, 0.05) is 35.1 Å². The van der Waals surface area contributed by atoms with E-state index in [2.05, 4.69) is 4.98 Å². The van der Waals surface area contributed by atoms with E-state index in [0.29, 0.717) is 13.0 Å². The third-order valence-electron chi connectivity index (χ3n) is 4.17. The predicted octanol–water partition coefficient (Wildman–Crippen LogP) is 2.67. The SMILES string of the molecule is Cc1ccc([C@H]2[C@H](C(=O)O)CC(=O)N2CCc2cccnc2)s1. The molecule has 23 heavy (non-hydrogen) atoms. The summed E-state index contributed by atoms with van der Waals surface area (Å²) in [5.41, 5.74) is 1.04. The maximum absolute atomic E-state index is 12.4. The van der Waals surface area contributed by atoms with E-state index in [0.717, 1.165) is 15.3 Å². The van der Waals surface area contributed by atoms with E-state index < -0.39 is 11.9 Å². The van der Waals surface area contributed by atoms with Gasteiger partial charge in [-0.25, -0.2) is 0 Å². The molecule has 120 valence electrons. The highest BCUT2D eigenvalue weighted by molar-refractivity contribution is 7.12. The van der Waals surface area contributed by atoms with Crippen molar-refractivity contribution in [1.82, 2.24) is 9.88 Å². The third-order valence-corrected chi connectivity index (χ3v) is 5.24. The summed E-state index contributed by atoms with van der Waals surface area (Å²) >= 11 is 1.56. The fourth-order valence-electron chi connectivity index (χ4n) is 3.04. The standard InChI is InChI=1S/C17H18N2O3S/c1-11-4-5-14(23-11)16-13(17(21)22)9-15(20)19(16)8-6-12-3-2-7-18-10-12/h2-5,7,10,13,16H,6,8-9H2,1H3,(H,21,22)/t13-,16-/m1/s1. The second-order valence-electron chi connectivity index (χ2n) is 5.74. The van der Waals surface area contributed by atoms with Crippen LogP contribution in [0.15, 0.2) is 36.7 Å². The second kappa shape index (κ2) is 6.50. The van der Waals surface area contributed by atoms with Gasteiger partial charge in [0.25, 0.3) is 0 Å². The maximum atomic E-state index is 12.4. The Morgan fingerprint density at radius 1 is 1.43 bits per heavy atom. The monoisotopic (exact) mass is 330 g/mol. The van der Waals surface area contributed by atoms with Gasteiger partial charge in [-0.05, 0) is 37.1 Å². The number of hydrogen-bond acceptors (Lipinski definition) is 4. The highest BCUT2D eigenvalue weighted by Gasteiger charge is 2.44. The molecule has 3 heterocycles. The van der Waals surface area contributed by atoms with E-state index in [9.17, 15) is 14.7 Å². The molecule has 5 nitrogen and oxygen atoms in total.